The van der Waals surface area contributed by atoms with Crippen molar-refractivity contribution in [3.8, 4) is 0 Å². The zero-order valence-electron chi connectivity index (χ0n) is 19.9. The summed E-state index contributed by atoms with van der Waals surface area (Å²) in [5.41, 5.74) is 0.311. The summed E-state index contributed by atoms with van der Waals surface area (Å²) in [6.45, 7) is 7.02. The summed E-state index contributed by atoms with van der Waals surface area (Å²) in [6, 6.07) is 4.08. The van der Waals surface area contributed by atoms with Gasteiger partial charge in [-0.15, -0.1) is 0 Å². The molecule has 2 fully saturated rings. The van der Waals surface area contributed by atoms with Crippen molar-refractivity contribution in [2.45, 2.75) is 56.9 Å². The maximum absolute atomic E-state index is 13.4. The van der Waals surface area contributed by atoms with Crippen molar-refractivity contribution in [2.75, 3.05) is 32.7 Å². The van der Waals surface area contributed by atoms with Crippen LogP contribution in [-0.2, 0) is 14.8 Å². The van der Waals surface area contributed by atoms with Crippen LogP contribution in [0.1, 0.15) is 56.2 Å². The summed E-state index contributed by atoms with van der Waals surface area (Å²) in [7, 11) is -3.80. The zero-order chi connectivity index (χ0) is 24.1. The largest absolute Gasteiger partial charge is 0.465 e. The second-order valence-electron chi connectivity index (χ2n) is 9.16. The first kappa shape index (κ1) is 24.7. The van der Waals surface area contributed by atoms with Gasteiger partial charge in [0, 0.05) is 38.1 Å². The average molecular weight is 491 g/mol. The number of amides is 1. The van der Waals surface area contributed by atoms with Crippen LogP contribution in [-0.4, -0.2) is 67.5 Å². The molecule has 0 unspecified atom stereocenters. The molecule has 2 saturated heterocycles. The molecule has 0 aliphatic carbocycles. The number of furan rings is 1. The van der Waals surface area contributed by atoms with Crippen LogP contribution in [0.25, 0.3) is 12.2 Å². The molecular formula is C24H34N4O5S. The Kier molecular flexibility index (Phi) is 7.90. The number of hydrogen-bond donors (Lipinski definition) is 1. The van der Waals surface area contributed by atoms with E-state index in [1.807, 2.05) is 0 Å². The minimum Gasteiger partial charge on any atom is -0.465 e. The summed E-state index contributed by atoms with van der Waals surface area (Å²) in [6.07, 6.45) is 9.43. The van der Waals surface area contributed by atoms with E-state index in [0.29, 0.717) is 36.9 Å². The Morgan fingerprint density at radius 3 is 2.71 bits per heavy atom. The molecule has 1 N–H and O–H groups in total. The molecule has 4 heterocycles. The van der Waals surface area contributed by atoms with E-state index in [4.69, 9.17) is 8.94 Å². The summed E-state index contributed by atoms with van der Waals surface area (Å²) in [4.78, 5) is 15.2. The maximum Gasteiger partial charge on any atom is 0.248 e. The van der Waals surface area contributed by atoms with Gasteiger partial charge in [0.2, 0.25) is 15.9 Å². The highest BCUT2D eigenvalue weighted by Gasteiger charge is 2.36. The Balaban J connectivity index is 1.32. The number of piperidine rings is 2. The number of hydrogen-bond acceptors (Lipinski definition) is 7. The molecule has 9 nitrogen and oxygen atoms in total. The topological polar surface area (TPSA) is 109 Å². The second-order valence-corrected chi connectivity index (χ2v) is 11.0. The number of aryl methyl sites for hydroxylation is 1. The second kappa shape index (κ2) is 10.9. The highest BCUT2D eigenvalue weighted by atomic mass is 32.2. The molecule has 2 aromatic rings. The minimum absolute atomic E-state index is 0.0185. The van der Waals surface area contributed by atoms with Gasteiger partial charge in [0.05, 0.1) is 6.26 Å². The fraction of sp³-hybridized carbons (Fsp3) is 0.583. The number of rotatable bonds is 8. The molecular weight excluding hydrogens is 456 g/mol. The standard InChI is InChI=1S/C24H34N4O5S/c1-18-6-3-4-13-27(18)16-12-25-24(29)20-10-14-28(15-11-20)34(30,31)23-19(2)26-33-22(23)9-8-21-7-5-17-32-21/h5,7-9,17-18,20H,3-4,6,10-16H2,1-2H3,(H,25,29)/b9-8+/t18-/m0/s1. The van der Waals surface area contributed by atoms with Gasteiger partial charge in [-0.1, -0.05) is 11.6 Å². The van der Waals surface area contributed by atoms with Gasteiger partial charge in [0.25, 0.3) is 0 Å². The minimum atomic E-state index is -3.80. The lowest BCUT2D eigenvalue weighted by molar-refractivity contribution is -0.126. The first-order valence-corrected chi connectivity index (χ1v) is 13.5. The van der Waals surface area contributed by atoms with Crippen LogP contribution in [0.15, 0.2) is 32.2 Å². The van der Waals surface area contributed by atoms with Crippen molar-refractivity contribution in [1.82, 2.24) is 19.7 Å². The fourth-order valence-electron chi connectivity index (χ4n) is 4.79. The van der Waals surface area contributed by atoms with Crippen LogP contribution in [0, 0.1) is 12.8 Å². The van der Waals surface area contributed by atoms with Gasteiger partial charge in [0.1, 0.15) is 11.5 Å². The lowest BCUT2D eigenvalue weighted by Gasteiger charge is -2.34. The Morgan fingerprint density at radius 2 is 2.00 bits per heavy atom. The highest BCUT2D eigenvalue weighted by molar-refractivity contribution is 7.89. The van der Waals surface area contributed by atoms with E-state index >= 15 is 0 Å². The Bertz CT molecular complexity index is 1080. The number of nitrogens with zero attached hydrogens (tertiary/aromatic N) is 3. The third-order valence-electron chi connectivity index (χ3n) is 6.84. The maximum atomic E-state index is 13.4. The third-order valence-corrected chi connectivity index (χ3v) is 8.89. The Hall–Kier alpha value is -2.43. The van der Waals surface area contributed by atoms with Crippen molar-refractivity contribution in [2.24, 2.45) is 5.92 Å². The lowest BCUT2D eigenvalue weighted by Crippen LogP contribution is -2.46. The van der Waals surface area contributed by atoms with Crippen molar-refractivity contribution >= 4 is 28.1 Å². The van der Waals surface area contributed by atoms with E-state index in [-0.39, 0.29) is 35.6 Å². The van der Waals surface area contributed by atoms with E-state index in [2.05, 4.69) is 22.3 Å². The van der Waals surface area contributed by atoms with Gasteiger partial charge < -0.3 is 14.3 Å². The molecule has 1 atom stereocenters. The monoisotopic (exact) mass is 490 g/mol. The quantitative estimate of drug-likeness (QED) is 0.605. The van der Waals surface area contributed by atoms with Crippen molar-refractivity contribution in [3.05, 3.63) is 35.6 Å². The molecule has 34 heavy (non-hydrogen) atoms. The van der Waals surface area contributed by atoms with Gasteiger partial charge >= 0.3 is 0 Å². The molecule has 0 bridgehead atoms. The summed E-state index contributed by atoms with van der Waals surface area (Å²) >= 11 is 0. The first-order valence-electron chi connectivity index (χ1n) is 12.1. The molecule has 2 aliphatic rings. The van der Waals surface area contributed by atoms with E-state index < -0.39 is 10.0 Å². The molecule has 0 aromatic carbocycles. The average Bonchev–Trinajstić information content (AvgIpc) is 3.48. The molecule has 4 rings (SSSR count). The highest BCUT2D eigenvalue weighted by Crippen LogP contribution is 2.29. The third kappa shape index (κ3) is 5.61. The van der Waals surface area contributed by atoms with Gasteiger partial charge in [-0.05, 0) is 70.4 Å². The number of aromatic nitrogens is 1. The van der Waals surface area contributed by atoms with Crippen LogP contribution in [0.4, 0.5) is 0 Å². The number of carbonyl (C=O) groups is 1. The summed E-state index contributed by atoms with van der Waals surface area (Å²) < 4.78 is 38.7. The van der Waals surface area contributed by atoms with Gasteiger partial charge in [0.15, 0.2) is 10.7 Å². The van der Waals surface area contributed by atoms with E-state index in [9.17, 15) is 13.2 Å². The zero-order valence-corrected chi connectivity index (χ0v) is 20.7. The van der Waals surface area contributed by atoms with Gasteiger partial charge in [-0.25, -0.2) is 8.42 Å². The van der Waals surface area contributed by atoms with Crippen LogP contribution in [0.5, 0.6) is 0 Å². The predicted octanol–water partition coefficient (Wildman–Crippen LogP) is 3.14. The first-order chi connectivity index (χ1) is 16.4. The Labute approximate surface area is 201 Å². The van der Waals surface area contributed by atoms with Crippen molar-refractivity contribution in [3.63, 3.8) is 0 Å². The van der Waals surface area contributed by atoms with E-state index in [0.717, 1.165) is 13.1 Å². The SMILES string of the molecule is Cc1noc(/C=C/c2ccco2)c1S(=O)(=O)N1CCC(C(=O)NCCN2CCCC[C@@H]2C)CC1. The smallest absolute Gasteiger partial charge is 0.248 e. The number of likely N-dealkylation sites (tertiary alicyclic amines) is 1. The molecule has 0 saturated carbocycles. The molecule has 2 aliphatic heterocycles. The lowest BCUT2D eigenvalue weighted by atomic mass is 9.97. The van der Waals surface area contributed by atoms with Crippen LogP contribution >= 0.6 is 0 Å². The van der Waals surface area contributed by atoms with E-state index in [1.165, 1.54) is 29.8 Å². The normalized spacial score (nSPS) is 21.3. The molecule has 0 spiro atoms. The number of carbonyl (C=O) groups excluding carboxylic acids is 1. The molecule has 1 amide bonds. The summed E-state index contributed by atoms with van der Waals surface area (Å²) in [5.74, 6) is 0.594. The van der Waals surface area contributed by atoms with Gasteiger partial charge in [-0.2, -0.15) is 4.31 Å². The predicted molar refractivity (Wildman–Crippen MR) is 128 cm³/mol. The Morgan fingerprint density at radius 1 is 1.21 bits per heavy atom. The van der Waals surface area contributed by atoms with Crippen LogP contribution in [0.2, 0.25) is 0 Å². The van der Waals surface area contributed by atoms with Crippen molar-refractivity contribution in [1.29, 1.82) is 0 Å². The van der Waals surface area contributed by atoms with E-state index in [1.54, 1.807) is 31.2 Å². The van der Waals surface area contributed by atoms with Gasteiger partial charge in [-0.3, -0.25) is 9.69 Å². The molecule has 0 radical (unpaired) electrons. The number of nitrogens with one attached hydrogen (secondary N) is 1. The van der Waals surface area contributed by atoms with Crippen LogP contribution < -0.4 is 5.32 Å². The van der Waals surface area contributed by atoms with Crippen molar-refractivity contribution < 1.29 is 22.2 Å². The molecule has 186 valence electrons. The van der Waals surface area contributed by atoms with Crippen LogP contribution in [0.3, 0.4) is 0 Å². The molecule has 2 aromatic heterocycles. The number of sulfonamides is 1. The fourth-order valence-corrected chi connectivity index (χ4v) is 6.51. The summed E-state index contributed by atoms with van der Waals surface area (Å²) in [5, 5.41) is 6.93. The molecule has 10 heteroatoms.